The summed E-state index contributed by atoms with van der Waals surface area (Å²) in [4.78, 5) is 20.6. The second-order valence-electron chi connectivity index (χ2n) is 6.55. The Morgan fingerprint density at radius 3 is 2.92 bits per heavy atom. The molecule has 2 aromatic heterocycles. The highest BCUT2D eigenvalue weighted by Gasteiger charge is 2.43. The van der Waals surface area contributed by atoms with Gasteiger partial charge in [-0.1, -0.05) is 0 Å². The number of thiophene rings is 1. The number of carbonyl (C=O) groups excluding carboxylic acids is 1. The van der Waals surface area contributed by atoms with Crippen molar-refractivity contribution in [3.8, 4) is 0 Å². The highest BCUT2D eigenvalue weighted by molar-refractivity contribution is 7.08. The van der Waals surface area contributed by atoms with Crippen LogP contribution in [0, 0.1) is 0 Å². The minimum atomic E-state index is -0.487. The third kappa shape index (κ3) is 3.74. The van der Waals surface area contributed by atoms with E-state index in [1.807, 2.05) is 46.3 Å². The van der Waals surface area contributed by atoms with Gasteiger partial charge < -0.3 is 14.4 Å². The van der Waals surface area contributed by atoms with E-state index in [2.05, 4.69) is 9.88 Å². The average molecular weight is 359 g/mol. The second kappa shape index (κ2) is 7.21. The van der Waals surface area contributed by atoms with Gasteiger partial charge in [0.25, 0.3) is 5.91 Å². The van der Waals surface area contributed by atoms with Crippen LogP contribution in [0.15, 0.2) is 41.4 Å². The van der Waals surface area contributed by atoms with E-state index in [1.54, 1.807) is 11.3 Å². The number of hydrogen-bond donors (Lipinski definition) is 0. The molecule has 1 spiro atoms. The molecule has 2 aliphatic rings. The molecule has 132 valence electrons. The Morgan fingerprint density at radius 2 is 2.12 bits per heavy atom. The van der Waals surface area contributed by atoms with E-state index in [-0.39, 0.29) is 12.5 Å². The van der Waals surface area contributed by atoms with Gasteiger partial charge in [-0.2, -0.15) is 11.3 Å². The van der Waals surface area contributed by atoms with Crippen LogP contribution in [0.4, 0.5) is 5.69 Å². The van der Waals surface area contributed by atoms with Crippen LogP contribution < -0.4 is 4.90 Å². The number of morpholine rings is 1. The summed E-state index contributed by atoms with van der Waals surface area (Å²) >= 11 is 1.59. The van der Waals surface area contributed by atoms with Gasteiger partial charge in [0, 0.05) is 37.4 Å². The van der Waals surface area contributed by atoms with Gasteiger partial charge in [-0.25, -0.2) is 0 Å². The minimum Gasteiger partial charge on any atom is -0.377 e. The normalized spacial score (nSPS) is 25.3. The summed E-state index contributed by atoms with van der Waals surface area (Å²) in [6, 6.07) is 6.04. The molecule has 7 heteroatoms. The maximum absolute atomic E-state index is 12.3. The summed E-state index contributed by atoms with van der Waals surface area (Å²) in [5.41, 5.74) is 1.68. The molecule has 2 aliphatic heterocycles. The predicted octanol–water partition coefficient (Wildman–Crippen LogP) is 1.78. The van der Waals surface area contributed by atoms with Gasteiger partial charge in [0.15, 0.2) is 0 Å². The number of aromatic nitrogens is 1. The lowest BCUT2D eigenvalue weighted by atomic mass is 10.0. The summed E-state index contributed by atoms with van der Waals surface area (Å²) in [6.45, 7) is 4.21. The molecule has 2 saturated heterocycles. The van der Waals surface area contributed by atoms with Crippen LogP contribution >= 0.6 is 11.3 Å². The van der Waals surface area contributed by atoms with Crippen LogP contribution in [0.5, 0.6) is 0 Å². The Bertz CT molecular complexity index is 710. The van der Waals surface area contributed by atoms with E-state index >= 15 is 0 Å². The van der Waals surface area contributed by atoms with E-state index in [0.717, 1.165) is 25.3 Å². The van der Waals surface area contributed by atoms with Crippen LogP contribution in [0.1, 0.15) is 5.56 Å². The van der Waals surface area contributed by atoms with E-state index in [1.165, 1.54) is 5.56 Å². The molecule has 0 radical (unpaired) electrons. The molecule has 0 saturated carbocycles. The number of anilines is 1. The number of nitrogens with zero attached hydrogens (tertiary/aromatic N) is 3. The molecular weight excluding hydrogens is 338 g/mol. The van der Waals surface area contributed by atoms with E-state index in [9.17, 15) is 4.79 Å². The smallest absolute Gasteiger partial charge is 0.253 e. The topological polar surface area (TPSA) is 54.9 Å². The van der Waals surface area contributed by atoms with Gasteiger partial charge in [-0.3, -0.25) is 14.7 Å². The van der Waals surface area contributed by atoms with Crippen molar-refractivity contribution in [2.75, 3.05) is 44.4 Å². The van der Waals surface area contributed by atoms with E-state index < -0.39 is 5.60 Å². The first-order valence-electron chi connectivity index (χ1n) is 8.40. The number of rotatable bonds is 3. The lowest BCUT2D eigenvalue weighted by Gasteiger charge is -2.42. The van der Waals surface area contributed by atoms with Gasteiger partial charge >= 0.3 is 0 Å². The largest absolute Gasteiger partial charge is 0.377 e. The maximum Gasteiger partial charge on any atom is 0.253 e. The number of ether oxygens (including phenoxy) is 2. The maximum atomic E-state index is 12.3. The third-order valence-corrected chi connectivity index (χ3v) is 5.32. The Hall–Kier alpha value is -1.80. The Labute approximate surface area is 151 Å². The fraction of sp³-hybridized carbons (Fsp3) is 0.444. The number of amides is 1. The van der Waals surface area contributed by atoms with E-state index in [4.69, 9.17) is 9.47 Å². The summed E-state index contributed by atoms with van der Waals surface area (Å²) in [5, 5.41) is 3.99. The quantitative estimate of drug-likeness (QED) is 0.836. The van der Waals surface area contributed by atoms with Crippen LogP contribution in [0.3, 0.4) is 0 Å². The van der Waals surface area contributed by atoms with Gasteiger partial charge in [0.05, 0.1) is 25.4 Å². The van der Waals surface area contributed by atoms with E-state index in [0.29, 0.717) is 19.8 Å². The zero-order chi connectivity index (χ0) is 17.1. The molecule has 6 nitrogen and oxygen atoms in total. The van der Waals surface area contributed by atoms with Crippen molar-refractivity contribution in [3.63, 3.8) is 0 Å². The van der Waals surface area contributed by atoms with Crippen molar-refractivity contribution < 1.29 is 14.3 Å². The number of hydrogen-bond acceptors (Lipinski definition) is 6. The van der Waals surface area contributed by atoms with Gasteiger partial charge in [0.2, 0.25) is 0 Å². The molecule has 25 heavy (non-hydrogen) atoms. The Balaban J connectivity index is 1.52. The van der Waals surface area contributed by atoms with Crippen molar-refractivity contribution in [2.45, 2.75) is 12.1 Å². The predicted molar refractivity (Wildman–Crippen MR) is 95.7 cm³/mol. The lowest BCUT2D eigenvalue weighted by molar-refractivity contribution is -0.146. The molecule has 4 heterocycles. The van der Waals surface area contributed by atoms with Crippen molar-refractivity contribution in [1.82, 2.24) is 9.88 Å². The molecule has 0 aromatic carbocycles. The SMILES string of the molecule is O=C1CO[C@@]2(COCCN(Cc3ccncc3)C2)CN1c1ccsc1. The molecule has 1 amide bonds. The molecule has 0 bridgehead atoms. The van der Waals surface area contributed by atoms with Gasteiger partial charge in [-0.05, 0) is 29.1 Å². The first-order chi connectivity index (χ1) is 12.2. The first kappa shape index (κ1) is 16.7. The number of pyridine rings is 1. The second-order valence-corrected chi connectivity index (χ2v) is 7.33. The zero-order valence-corrected chi connectivity index (χ0v) is 14.8. The lowest BCUT2D eigenvalue weighted by Crippen LogP contribution is -2.60. The minimum absolute atomic E-state index is 0.00829. The highest BCUT2D eigenvalue weighted by atomic mass is 32.1. The molecule has 2 fully saturated rings. The fourth-order valence-electron chi connectivity index (χ4n) is 3.41. The van der Waals surface area contributed by atoms with Gasteiger partial charge in [0.1, 0.15) is 12.2 Å². The standard InChI is InChI=1S/C18H21N3O3S/c22-17-10-24-18(13-21(17)16-3-8-25-11-16)12-20(6-7-23-14-18)9-15-1-4-19-5-2-15/h1-5,8,11H,6-7,9-10,12-14H2/t18-/m1/s1. The molecule has 1 atom stereocenters. The molecular formula is C18H21N3O3S. The zero-order valence-electron chi connectivity index (χ0n) is 14.0. The molecule has 2 aromatic rings. The van der Waals surface area contributed by atoms with Crippen molar-refractivity contribution in [3.05, 3.63) is 46.9 Å². The monoisotopic (exact) mass is 359 g/mol. The average Bonchev–Trinajstić information content (AvgIpc) is 3.09. The molecule has 4 rings (SSSR count). The van der Waals surface area contributed by atoms with Gasteiger partial charge in [-0.15, -0.1) is 0 Å². The molecule has 0 aliphatic carbocycles. The first-order valence-corrected chi connectivity index (χ1v) is 9.34. The summed E-state index contributed by atoms with van der Waals surface area (Å²) in [6.07, 6.45) is 3.63. The molecule has 0 unspecified atom stereocenters. The Morgan fingerprint density at radius 1 is 1.24 bits per heavy atom. The Kier molecular flexibility index (Phi) is 4.80. The fourth-order valence-corrected chi connectivity index (χ4v) is 4.05. The number of carbonyl (C=O) groups is 1. The van der Waals surface area contributed by atoms with Crippen LogP contribution in [0.2, 0.25) is 0 Å². The van der Waals surface area contributed by atoms with Crippen LogP contribution in [-0.2, 0) is 20.8 Å². The molecule has 0 N–H and O–H groups in total. The summed E-state index contributed by atoms with van der Waals surface area (Å²) in [5.74, 6) is 0.00829. The highest BCUT2D eigenvalue weighted by Crippen LogP contribution is 2.28. The third-order valence-electron chi connectivity index (χ3n) is 4.65. The van der Waals surface area contributed by atoms with Crippen molar-refractivity contribution in [1.29, 1.82) is 0 Å². The van der Waals surface area contributed by atoms with Crippen LogP contribution in [-0.4, -0.2) is 60.8 Å². The summed E-state index contributed by atoms with van der Waals surface area (Å²) < 4.78 is 11.9. The van der Waals surface area contributed by atoms with Crippen molar-refractivity contribution in [2.24, 2.45) is 0 Å². The van der Waals surface area contributed by atoms with Crippen LogP contribution in [0.25, 0.3) is 0 Å². The summed E-state index contributed by atoms with van der Waals surface area (Å²) in [7, 11) is 0. The van der Waals surface area contributed by atoms with Crippen molar-refractivity contribution >= 4 is 22.9 Å².